The van der Waals surface area contributed by atoms with Crippen molar-refractivity contribution < 1.29 is 9.90 Å². The number of aryl methyl sites for hydroxylation is 1. The molecule has 0 saturated heterocycles. The van der Waals surface area contributed by atoms with Gasteiger partial charge in [0.2, 0.25) is 0 Å². The zero-order valence-corrected chi connectivity index (χ0v) is 12.0. The number of nitrogens with one attached hydrogen (secondary N) is 1. The summed E-state index contributed by atoms with van der Waals surface area (Å²) in [5, 5.41) is 11.6. The van der Waals surface area contributed by atoms with Gasteiger partial charge in [0, 0.05) is 11.8 Å². The van der Waals surface area contributed by atoms with E-state index in [9.17, 15) is 4.79 Å². The smallest absolute Gasteiger partial charge is 0.255 e. The molecule has 0 spiro atoms. The molecule has 1 amide bonds. The van der Waals surface area contributed by atoms with Crippen LogP contribution in [0, 0.1) is 6.92 Å². The molecule has 0 aromatic carbocycles. The minimum absolute atomic E-state index is 0.0851. The molecule has 0 atom stereocenters. The lowest BCUT2D eigenvalue weighted by Gasteiger charge is -2.07. The van der Waals surface area contributed by atoms with Crippen LogP contribution in [-0.2, 0) is 4.79 Å². The lowest BCUT2D eigenvalue weighted by molar-refractivity contribution is -0.112. The summed E-state index contributed by atoms with van der Waals surface area (Å²) in [5.74, 6) is -0.297. The Balaban J connectivity index is 0.00000154. The largest absolute Gasteiger partial charge is 0.392 e. The van der Waals surface area contributed by atoms with Crippen LogP contribution < -0.4 is 5.32 Å². The van der Waals surface area contributed by atoms with Gasteiger partial charge in [-0.2, -0.15) is 0 Å². The number of aliphatic hydroxyl groups excluding tert-OH is 1. The molecule has 0 bridgehead atoms. The highest BCUT2D eigenvalue weighted by Gasteiger charge is 2.07. The second kappa shape index (κ2) is 9.05. The summed E-state index contributed by atoms with van der Waals surface area (Å²) in [6.45, 7) is 11.1. The molecule has 0 unspecified atom stereocenters. The Kier molecular flexibility index (Phi) is 8.13. The maximum absolute atomic E-state index is 11.8. The predicted octanol–water partition coefficient (Wildman–Crippen LogP) is 2.85. The van der Waals surface area contributed by atoms with Crippen molar-refractivity contribution >= 4 is 11.6 Å². The SMILES string of the molecule is C=C(/C=C(\C)CO)C(=O)Nc1cccnc1C.CC. The van der Waals surface area contributed by atoms with E-state index in [1.807, 2.05) is 20.8 Å². The van der Waals surface area contributed by atoms with Crippen molar-refractivity contribution in [1.82, 2.24) is 4.98 Å². The van der Waals surface area contributed by atoms with E-state index in [1.165, 1.54) is 0 Å². The van der Waals surface area contributed by atoms with Crippen molar-refractivity contribution in [2.24, 2.45) is 0 Å². The zero-order valence-electron chi connectivity index (χ0n) is 12.0. The topological polar surface area (TPSA) is 62.2 Å². The van der Waals surface area contributed by atoms with Crippen molar-refractivity contribution in [3.8, 4) is 0 Å². The molecular formula is C15H22N2O2. The monoisotopic (exact) mass is 262 g/mol. The number of aromatic nitrogens is 1. The predicted molar refractivity (Wildman–Crippen MR) is 78.9 cm³/mol. The number of rotatable bonds is 4. The lowest BCUT2D eigenvalue weighted by atomic mass is 10.2. The van der Waals surface area contributed by atoms with Gasteiger partial charge in [0.15, 0.2) is 0 Å². The fourth-order valence-electron chi connectivity index (χ4n) is 1.23. The number of pyridine rings is 1. The van der Waals surface area contributed by atoms with E-state index >= 15 is 0 Å². The molecule has 0 aliphatic heterocycles. The van der Waals surface area contributed by atoms with Gasteiger partial charge in [0.1, 0.15) is 0 Å². The number of amides is 1. The Morgan fingerprint density at radius 2 is 2.16 bits per heavy atom. The Hall–Kier alpha value is -1.94. The molecule has 4 heteroatoms. The van der Waals surface area contributed by atoms with Crippen molar-refractivity contribution in [2.75, 3.05) is 11.9 Å². The number of carbonyl (C=O) groups is 1. The highest BCUT2D eigenvalue weighted by atomic mass is 16.3. The van der Waals surface area contributed by atoms with E-state index in [0.717, 1.165) is 5.69 Å². The molecule has 1 aromatic rings. The first-order valence-electron chi connectivity index (χ1n) is 6.24. The summed E-state index contributed by atoms with van der Waals surface area (Å²) in [4.78, 5) is 15.8. The molecule has 0 fully saturated rings. The minimum Gasteiger partial charge on any atom is -0.392 e. The van der Waals surface area contributed by atoms with Gasteiger partial charge in [-0.1, -0.05) is 20.4 Å². The summed E-state index contributed by atoms with van der Waals surface area (Å²) < 4.78 is 0. The Labute approximate surface area is 114 Å². The van der Waals surface area contributed by atoms with Gasteiger partial charge in [0.05, 0.1) is 18.0 Å². The van der Waals surface area contributed by atoms with Gasteiger partial charge in [-0.3, -0.25) is 9.78 Å². The fraction of sp³-hybridized carbons (Fsp3) is 0.333. The van der Waals surface area contributed by atoms with Gasteiger partial charge < -0.3 is 10.4 Å². The summed E-state index contributed by atoms with van der Waals surface area (Å²) in [6, 6.07) is 3.52. The number of anilines is 1. The Morgan fingerprint density at radius 1 is 1.53 bits per heavy atom. The molecular weight excluding hydrogens is 240 g/mol. The molecule has 0 saturated carbocycles. The quantitative estimate of drug-likeness (QED) is 0.648. The van der Waals surface area contributed by atoms with Crippen molar-refractivity contribution in [3.63, 3.8) is 0 Å². The van der Waals surface area contributed by atoms with Crippen LogP contribution in [-0.4, -0.2) is 22.6 Å². The molecule has 0 aliphatic rings. The second-order valence-electron chi connectivity index (χ2n) is 3.76. The first kappa shape index (κ1) is 17.1. The van der Waals surface area contributed by atoms with Gasteiger partial charge in [-0.15, -0.1) is 0 Å². The summed E-state index contributed by atoms with van der Waals surface area (Å²) in [7, 11) is 0. The van der Waals surface area contributed by atoms with E-state index in [0.29, 0.717) is 16.8 Å². The van der Waals surface area contributed by atoms with E-state index in [-0.39, 0.29) is 12.5 Å². The molecule has 1 rings (SSSR count). The molecule has 0 radical (unpaired) electrons. The summed E-state index contributed by atoms with van der Waals surface area (Å²) >= 11 is 0. The van der Waals surface area contributed by atoms with Crippen LogP contribution in [0.5, 0.6) is 0 Å². The van der Waals surface area contributed by atoms with Crippen LogP contribution in [0.25, 0.3) is 0 Å². The fourth-order valence-corrected chi connectivity index (χ4v) is 1.23. The van der Waals surface area contributed by atoms with E-state index in [4.69, 9.17) is 5.11 Å². The highest BCUT2D eigenvalue weighted by Crippen LogP contribution is 2.12. The van der Waals surface area contributed by atoms with Crippen molar-refractivity contribution in [2.45, 2.75) is 27.7 Å². The van der Waals surface area contributed by atoms with Crippen LogP contribution in [0.15, 0.2) is 42.1 Å². The molecule has 4 nitrogen and oxygen atoms in total. The van der Waals surface area contributed by atoms with Crippen LogP contribution in [0.4, 0.5) is 5.69 Å². The van der Waals surface area contributed by atoms with Crippen LogP contribution in [0.3, 0.4) is 0 Å². The third kappa shape index (κ3) is 5.97. The average molecular weight is 262 g/mol. The Bertz CT molecular complexity index is 465. The van der Waals surface area contributed by atoms with Gasteiger partial charge in [-0.05, 0) is 37.6 Å². The van der Waals surface area contributed by atoms with E-state index < -0.39 is 0 Å². The molecule has 1 heterocycles. The van der Waals surface area contributed by atoms with Gasteiger partial charge >= 0.3 is 0 Å². The molecule has 1 aromatic heterocycles. The van der Waals surface area contributed by atoms with Gasteiger partial charge in [0.25, 0.3) is 5.91 Å². The standard InChI is InChI=1S/C13H16N2O2.C2H6/c1-9(8-16)7-10(2)13(17)15-12-5-4-6-14-11(12)3;1-2/h4-7,16H,2,8H2,1,3H3,(H,15,17);1-2H3/b9-7+;. The Morgan fingerprint density at radius 3 is 2.68 bits per heavy atom. The van der Waals surface area contributed by atoms with Crippen LogP contribution in [0.2, 0.25) is 0 Å². The lowest BCUT2D eigenvalue weighted by Crippen LogP contribution is -2.14. The number of carbonyl (C=O) groups excluding carboxylic acids is 1. The maximum Gasteiger partial charge on any atom is 0.255 e. The van der Waals surface area contributed by atoms with E-state index in [2.05, 4.69) is 16.9 Å². The second-order valence-corrected chi connectivity index (χ2v) is 3.76. The number of hydrogen-bond donors (Lipinski definition) is 2. The third-order valence-corrected chi connectivity index (χ3v) is 2.22. The minimum atomic E-state index is -0.297. The normalized spacial score (nSPS) is 10.3. The third-order valence-electron chi connectivity index (χ3n) is 2.22. The number of hydrogen-bond acceptors (Lipinski definition) is 3. The zero-order chi connectivity index (χ0) is 14.8. The molecule has 0 aliphatic carbocycles. The number of nitrogens with zero attached hydrogens (tertiary/aromatic N) is 1. The molecule has 2 N–H and O–H groups in total. The van der Waals surface area contributed by atoms with Gasteiger partial charge in [-0.25, -0.2) is 0 Å². The average Bonchev–Trinajstić information content (AvgIpc) is 2.43. The van der Waals surface area contributed by atoms with Crippen molar-refractivity contribution in [3.05, 3.63) is 47.8 Å². The summed E-state index contributed by atoms with van der Waals surface area (Å²) in [6.07, 6.45) is 3.22. The first-order valence-corrected chi connectivity index (χ1v) is 6.24. The molecule has 19 heavy (non-hydrogen) atoms. The summed E-state index contributed by atoms with van der Waals surface area (Å²) in [5.41, 5.74) is 2.40. The maximum atomic E-state index is 11.8. The van der Waals surface area contributed by atoms with Crippen LogP contribution >= 0.6 is 0 Å². The van der Waals surface area contributed by atoms with Crippen LogP contribution in [0.1, 0.15) is 26.5 Å². The highest BCUT2D eigenvalue weighted by molar-refractivity contribution is 6.05. The first-order chi connectivity index (χ1) is 9.04. The van der Waals surface area contributed by atoms with E-state index in [1.54, 1.807) is 31.3 Å². The number of aliphatic hydroxyl groups is 1. The molecule has 104 valence electrons. The van der Waals surface area contributed by atoms with Crippen molar-refractivity contribution in [1.29, 1.82) is 0 Å².